The zero-order chi connectivity index (χ0) is 18.0. The van der Waals surface area contributed by atoms with Crippen LogP contribution in [0.1, 0.15) is 21.9 Å². The highest BCUT2D eigenvalue weighted by molar-refractivity contribution is 6.04. The number of carbonyl (C=O) groups is 1. The van der Waals surface area contributed by atoms with Crippen LogP contribution < -0.4 is 16.6 Å². The number of hydrogen-bond acceptors (Lipinski definition) is 5. The average molecular weight is 339 g/mol. The van der Waals surface area contributed by atoms with Crippen molar-refractivity contribution in [3.05, 3.63) is 68.3 Å². The molecule has 0 atom stereocenters. The molecule has 0 bridgehead atoms. The number of aromatic nitrogens is 4. The standard InChI is InChI=1S/C17H17N5O3/c1-10-9-11(2)22(17(25)19-10)8-7-18-16(24)14-12-5-3-4-6-13(12)15(23)21-20-14/h3-6,9H,7-8H2,1-2H3,(H,18,24)(H,21,23). The van der Waals surface area contributed by atoms with Gasteiger partial charge in [0.15, 0.2) is 5.69 Å². The van der Waals surface area contributed by atoms with Gasteiger partial charge in [-0.1, -0.05) is 18.2 Å². The third-order valence-corrected chi connectivity index (χ3v) is 3.88. The van der Waals surface area contributed by atoms with Crippen LogP contribution in [0.5, 0.6) is 0 Å². The molecule has 2 aromatic heterocycles. The number of aromatic amines is 1. The minimum atomic E-state index is -0.418. The molecule has 2 heterocycles. The van der Waals surface area contributed by atoms with Gasteiger partial charge in [-0.2, -0.15) is 10.1 Å². The number of aryl methyl sites for hydroxylation is 2. The summed E-state index contributed by atoms with van der Waals surface area (Å²) in [6, 6.07) is 8.57. The van der Waals surface area contributed by atoms with Gasteiger partial charge in [-0.15, -0.1) is 0 Å². The molecular weight excluding hydrogens is 322 g/mol. The van der Waals surface area contributed by atoms with Crippen LogP contribution in [0, 0.1) is 13.8 Å². The quantitative estimate of drug-likeness (QED) is 0.720. The Bertz CT molecular complexity index is 1070. The first-order valence-corrected chi connectivity index (χ1v) is 7.78. The van der Waals surface area contributed by atoms with Crippen LogP contribution in [0.3, 0.4) is 0 Å². The number of nitrogens with one attached hydrogen (secondary N) is 2. The van der Waals surface area contributed by atoms with E-state index in [0.717, 1.165) is 5.69 Å². The summed E-state index contributed by atoms with van der Waals surface area (Å²) in [5.74, 6) is -0.418. The zero-order valence-electron chi connectivity index (χ0n) is 13.9. The van der Waals surface area contributed by atoms with Gasteiger partial charge in [-0.3, -0.25) is 14.2 Å². The molecule has 0 radical (unpaired) electrons. The smallest absolute Gasteiger partial charge is 0.348 e. The van der Waals surface area contributed by atoms with Gasteiger partial charge in [0.05, 0.1) is 5.39 Å². The second-order valence-electron chi connectivity index (χ2n) is 5.68. The fraction of sp³-hybridized carbons (Fsp3) is 0.235. The zero-order valence-corrected chi connectivity index (χ0v) is 13.9. The summed E-state index contributed by atoms with van der Waals surface area (Å²) in [7, 11) is 0. The molecule has 0 aliphatic carbocycles. The fourth-order valence-electron chi connectivity index (χ4n) is 2.70. The number of nitrogens with zero attached hydrogens (tertiary/aromatic N) is 3. The van der Waals surface area contributed by atoms with Gasteiger partial charge >= 0.3 is 5.69 Å². The number of benzene rings is 1. The molecule has 3 aromatic rings. The SMILES string of the molecule is Cc1cc(C)n(CCNC(=O)c2n[nH]c(=O)c3ccccc23)c(=O)n1. The summed E-state index contributed by atoms with van der Waals surface area (Å²) in [5, 5.41) is 9.77. The first-order valence-electron chi connectivity index (χ1n) is 7.78. The number of H-pyrrole nitrogens is 1. The van der Waals surface area contributed by atoms with E-state index in [9.17, 15) is 14.4 Å². The van der Waals surface area contributed by atoms with Gasteiger partial charge in [0.2, 0.25) is 0 Å². The third kappa shape index (κ3) is 3.32. The van der Waals surface area contributed by atoms with Crippen LogP contribution in [0.25, 0.3) is 10.8 Å². The molecule has 0 aliphatic heterocycles. The lowest BCUT2D eigenvalue weighted by molar-refractivity contribution is 0.0948. The lowest BCUT2D eigenvalue weighted by atomic mass is 10.1. The number of hydrogen-bond donors (Lipinski definition) is 2. The van der Waals surface area contributed by atoms with E-state index in [1.807, 2.05) is 6.92 Å². The molecule has 8 nitrogen and oxygen atoms in total. The molecule has 0 aliphatic rings. The van der Waals surface area contributed by atoms with E-state index in [2.05, 4.69) is 20.5 Å². The van der Waals surface area contributed by atoms with E-state index >= 15 is 0 Å². The van der Waals surface area contributed by atoms with Gasteiger partial charge in [-0.05, 0) is 26.0 Å². The molecule has 3 rings (SSSR count). The summed E-state index contributed by atoms with van der Waals surface area (Å²) in [5.41, 5.74) is 0.881. The van der Waals surface area contributed by atoms with Crippen molar-refractivity contribution in [1.82, 2.24) is 25.1 Å². The van der Waals surface area contributed by atoms with Gasteiger partial charge in [-0.25, -0.2) is 9.89 Å². The van der Waals surface area contributed by atoms with Crippen molar-refractivity contribution < 1.29 is 4.79 Å². The Balaban J connectivity index is 1.78. The Morgan fingerprint density at radius 3 is 2.64 bits per heavy atom. The van der Waals surface area contributed by atoms with Crippen LogP contribution in [-0.4, -0.2) is 32.2 Å². The first kappa shape index (κ1) is 16.6. The second-order valence-corrected chi connectivity index (χ2v) is 5.68. The van der Waals surface area contributed by atoms with Crippen molar-refractivity contribution >= 4 is 16.7 Å². The summed E-state index contributed by atoms with van der Waals surface area (Å²) in [6.07, 6.45) is 0. The number of fused-ring (bicyclic) bond motifs is 1. The third-order valence-electron chi connectivity index (χ3n) is 3.88. The van der Waals surface area contributed by atoms with E-state index in [1.54, 1.807) is 37.3 Å². The number of carbonyl (C=O) groups excluding carboxylic acids is 1. The normalized spacial score (nSPS) is 10.8. The molecule has 128 valence electrons. The molecule has 0 saturated heterocycles. The van der Waals surface area contributed by atoms with E-state index in [1.165, 1.54) is 4.57 Å². The largest absolute Gasteiger partial charge is 0.349 e. The molecule has 0 saturated carbocycles. The first-order chi connectivity index (χ1) is 12.0. The van der Waals surface area contributed by atoms with Crippen molar-refractivity contribution in [1.29, 1.82) is 0 Å². The Morgan fingerprint density at radius 1 is 1.20 bits per heavy atom. The van der Waals surface area contributed by atoms with Gasteiger partial charge in [0, 0.05) is 29.9 Å². The van der Waals surface area contributed by atoms with Crippen molar-refractivity contribution in [2.45, 2.75) is 20.4 Å². The number of rotatable bonds is 4. The van der Waals surface area contributed by atoms with Gasteiger partial charge in [0.1, 0.15) is 0 Å². The Hall–Kier alpha value is -3.29. The minimum Gasteiger partial charge on any atom is -0.349 e. The highest BCUT2D eigenvalue weighted by atomic mass is 16.2. The monoisotopic (exact) mass is 339 g/mol. The van der Waals surface area contributed by atoms with E-state index in [0.29, 0.717) is 23.0 Å². The predicted octanol–water partition coefficient (Wildman–Crippen LogP) is 0.527. The summed E-state index contributed by atoms with van der Waals surface area (Å²) < 4.78 is 1.49. The molecule has 0 spiro atoms. The highest BCUT2D eigenvalue weighted by Crippen LogP contribution is 2.11. The molecule has 25 heavy (non-hydrogen) atoms. The lowest BCUT2D eigenvalue weighted by Crippen LogP contribution is -2.33. The molecule has 0 fully saturated rings. The highest BCUT2D eigenvalue weighted by Gasteiger charge is 2.13. The molecule has 1 aromatic carbocycles. The van der Waals surface area contributed by atoms with E-state index in [-0.39, 0.29) is 23.5 Å². The van der Waals surface area contributed by atoms with Crippen molar-refractivity contribution in [2.24, 2.45) is 0 Å². The Kier molecular flexibility index (Phi) is 4.42. The average Bonchev–Trinajstić information content (AvgIpc) is 2.57. The Morgan fingerprint density at radius 2 is 1.92 bits per heavy atom. The Labute approximate surface area is 142 Å². The maximum Gasteiger partial charge on any atom is 0.348 e. The van der Waals surface area contributed by atoms with Crippen molar-refractivity contribution in [3.8, 4) is 0 Å². The van der Waals surface area contributed by atoms with Crippen LogP contribution in [0.2, 0.25) is 0 Å². The molecule has 1 amide bonds. The van der Waals surface area contributed by atoms with Crippen molar-refractivity contribution in [3.63, 3.8) is 0 Å². The lowest BCUT2D eigenvalue weighted by Gasteiger charge is -2.11. The van der Waals surface area contributed by atoms with Crippen molar-refractivity contribution in [2.75, 3.05) is 6.54 Å². The van der Waals surface area contributed by atoms with Crippen LogP contribution in [0.15, 0.2) is 39.9 Å². The van der Waals surface area contributed by atoms with Crippen LogP contribution in [0.4, 0.5) is 0 Å². The van der Waals surface area contributed by atoms with Gasteiger partial charge < -0.3 is 5.32 Å². The predicted molar refractivity (Wildman–Crippen MR) is 92.7 cm³/mol. The summed E-state index contributed by atoms with van der Waals surface area (Å²) >= 11 is 0. The topological polar surface area (TPSA) is 110 Å². The molecule has 2 N–H and O–H groups in total. The minimum absolute atomic E-state index is 0.140. The second kappa shape index (κ2) is 6.68. The molecule has 8 heteroatoms. The summed E-state index contributed by atoms with van der Waals surface area (Å²) in [4.78, 5) is 39.9. The number of amides is 1. The summed E-state index contributed by atoms with van der Waals surface area (Å²) in [6.45, 7) is 4.10. The molecule has 0 unspecified atom stereocenters. The van der Waals surface area contributed by atoms with E-state index in [4.69, 9.17) is 0 Å². The van der Waals surface area contributed by atoms with E-state index < -0.39 is 5.91 Å². The fourth-order valence-corrected chi connectivity index (χ4v) is 2.70. The van der Waals surface area contributed by atoms with Crippen LogP contribution >= 0.6 is 0 Å². The maximum atomic E-state index is 12.4. The maximum absolute atomic E-state index is 12.4. The van der Waals surface area contributed by atoms with Crippen LogP contribution in [-0.2, 0) is 6.54 Å². The molecular formula is C17H17N5O3. The van der Waals surface area contributed by atoms with Gasteiger partial charge in [0.25, 0.3) is 11.5 Å².